The molecule has 0 heterocycles. The molecule has 0 amide bonds. The first-order valence-electron chi connectivity index (χ1n) is 6.32. The Morgan fingerprint density at radius 1 is 1.21 bits per heavy atom. The second-order valence-electron chi connectivity index (χ2n) is 4.17. The van der Waals surface area contributed by atoms with E-state index in [2.05, 4.69) is 0 Å². The summed E-state index contributed by atoms with van der Waals surface area (Å²) in [7, 11) is 1.65. The first-order valence-corrected chi connectivity index (χ1v) is 6.32. The van der Waals surface area contributed by atoms with Crippen LogP contribution in [0.25, 0.3) is 0 Å². The van der Waals surface area contributed by atoms with Gasteiger partial charge in [0.05, 0.1) is 12.7 Å². The lowest BCUT2D eigenvalue weighted by molar-refractivity contribution is 0.0794. The van der Waals surface area contributed by atoms with Gasteiger partial charge in [0.25, 0.3) is 0 Å². The van der Waals surface area contributed by atoms with Crippen LogP contribution in [0.4, 0.5) is 4.39 Å². The lowest BCUT2D eigenvalue weighted by Gasteiger charge is -2.13. The van der Waals surface area contributed by atoms with Crippen molar-refractivity contribution in [2.45, 2.75) is 19.4 Å². The summed E-state index contributed by atoms with van der Waals surface area (Å²) in [4.78, 5) is 0. The summed E-state index contributed by atoms with van der Waals surface area (Å²) < 4.78 is 28.8. The summed E-state index contributed by atoms with van der Waals surface area (Å²) in [5, 5.41) is 9.54. The third-order valence-electron chi connectivity index (χ3n) is 2.54. The molecule has 0 fully saturated rings. The number of aliphatic hydroxyl groups excluding tert-OH is 1. The van der Waals surface area contributed by atoms with Gasteiger partial charge in [0, 0.05) is 25.9 Å². The SMILES string of the molecule is COCCCOCCOc1ccc(F)cc1[C@H](C)O. The number of benzene rings is 1. The average molecular weight is 272 g/mol. The molecule has 1 atom stereocenters. The minimum Gasteiger partial charge on any atom is -0.491 e. The van der Waals surface area contributed by atoms with Crippen LogP contribution in [0.1, 0.15) is 25.0 Å². The van der Waals surface area contributed by atoms with E-state index in [1.807, 2.05) is 0 Å². The number of methoxy groups -OCH3 is 1. The quantitative estimate of drug-likeness (QED) is 0.701. The zero-order valence-electron chi connectivity index (χ0n) is 11.4. The Balaban J connectivity index is 2.33. The van der Waals surface area contributed by atoms with E-state index in [0.717, 1.165) is 6.42 Å². The van der Waals surface area contributed by atoms with E-state index in [-0.39, 0.29) is 5.82 Å². The molecule has 0 spiro atoms. The fraction of sp³-hybridized carbons (Fsp3) is 0.571. The van der Waals surface area contributed by atoms with Crippen molar-refractivity contribution in [3.63, 3.8) is 0 Å². The van der Waals surface area contributed by atoms with Gasteiger partial charge >= 0.3 is 0 Å². The topological polar surface area (TPSA) is 47.9 Å². The van der Waals surface area contributed by atoms with Crippen LogP contribution in [0, 0.1) is 5.82 Å². The molecular weight excluding hydrogens is 251 g/mol. The van der Waals surface area contributed by atoms with Crippen molar-refractivity contribution in [1.82, 2.24) is 0 Å². The Morgan fingerprint density at radius 2 is 2.00 bits per heavy atom. The van der Waals surface area contributed by atoms with Crippen molar-refractivity contribution >= 4 is 0 Å². The Morgan fingerprint density at radius 3 is 2.68 bits per heavy atom. The summed E-state index contributed by atoms with van der Waals surface area (Å²) in [6.07, 6.45) is 0.0692. The van der Waals surface area contributed by atoms with E-state index in [0.29, 0.717) is 37.7 Å². The van der Waals surface area contributed by atoms with Crippen LogP contribution in [-0.4, -0.2) is 38.6 Å². The second kappa shape index (κ2) is 8.85. The Bertz CT molecular complexity index is 368. The van der Waals surface area contributed by atoms with Crippen molar-refractivity contribution in [1.29, 1.82) is 0 Å². The Hall–Kier alpha value is -1.17. The number of aliphatic hydroxyl groups is 1. The van der Waals surface area contributed by atoms with Crippen LogP contribution in [0.15, 0.2) is 18.2 Å². The number of ether oxygens (including phenoxy) is 3. The fourth-order valence-corrected chi connectivity index (χ4v) is 1.60. The molecule has 0 saturated heterocycles. The first-order chi connectivity index (χ1) is 9.15. The summed E-state index contributed by atoms with van der Waals surface area (Å²) in [5.41, 5.74) is 0.444. The summed E-state index contributed by atoms with van der Waals surface area (Å²) >= 11 is 0. The van der Waals surface area contributed by atoms with Gasteiger partial charge in [0.2, 0.25) is 0 Å². The highest BCUT2D eigenvalue weighted by atomic mass is 19.1. The second-order valence-corrected chi connectivity index (χ2v) is 4.17. The first kappa shape index (κ1) is 15.9. The maximum atomic E-state index is 13.1. The van der Waals surface area contributed by atoms with Gasteiger partial charge in [-0.05, 0) is 31.5 Å². The van der Waals surface area contributed by atoms with Crippen molar-refractivity contribution < 1.29 is 23.7 Å². The number of halogens is 1. The molecule has 0 radical (unpaired) electrons. The fourth-order valence-electron chi connectivity index (χ4n) is 1.60. The minimum atomic E-state index is -0.770. The van der Waals surface area contributed by atoms with Crippen LogP contribution < -0.4 is 4.74 Å². The van der Waals surface area contributed by atoms with Gasteiger partial charge in [0.1, 0.15) is 18.2 Å². The maximum absolute atomic E-state index is 13.1. The molecule has 0 aliphatic carbocycles. The molecule has 108 valence electrons. The molecule has 1 aromatic rings. The Kier molecular flexibility index (Phi) is 7.40. The molecule has 0 aliphatic rings. The molecule has 0 saturated carbocycles. The molecule has 1 N–H and O–H groups in total. The minimum absolute atomic E-state index is 0.359. The van der Waals surface area contributed by atoms with Gasteiger partial charge in [-0.3, -0.25) is 0 Å². The molecule has 0 bridgehead atoms. The molecular formula is C14H21FO4. The van der Waals surface area contributed by atoms with Crippen LogP contribution in [-0.2, 0) is 9.47 Å². The highest BCUT2D eigenvalue weighted by Crippen LogP contribution is 2.25. The van der Waals surface area contributed by atoms with E-state index >= 15 is 0 Å². The van der Waals surface area contributed by atoms with Gasteiger partial charge in [-0.2, -0.15) is 0 Å². The standard InChI is InChI=1S/C14H21FO4/c1-11(16)13-10-12(15)4-5-14(13)19-9-8-18-7-3-6-17-2/h4-5,10-11,16H,3,6-9H2,1-2H3/t11-/m0/s1. The highest BCUT2D eigenvalue weighted by molar-refractivity contribution is 5.35. The van der Waals surface area contributed by atoms with Gasteiger partial charge in [-0.15, -0.1) is 0 Å². The van der Waals surface area contributed by atoms with E-state index in [9.17, 15) is 9.50 Å². The van der Waals surface area contributed by atoms with Crippen LogP contribution >= 0.6 is 0 Å². The zero-order valence-corrected chi connectivity index (χ0v) is 11.4. The largest absolute Gasteiger partial charge is 0.491 e. The van der Waals surface area contributed by atoms with Crippen molar-refractivity contribution in [3.8, 4) is 5.75 Å². The summed E-state index contributed by atoms with van der Waals surface area (Å²) in [6, 6.07) is 4.10. The predicted molar refractivity (Wildman–Crippen MR) is 69.8 cm³/mol. The smallest absolute Gasteiger partial charge is 0.125 e. The molecule has 4 nitrogen and oxygen atoms in total. The van der Waals surface area contributed by atoms with Gasteiger partial charge < -0.3 is 19.3 Å². The molecule has 0 unspecified atom stereocenters. The lowest BCUT2D eigenvalue weighted by atomic mass is 10.1. The summed E-state index contributed by atoms with van der Waals surface area (Å²) in [5.74, 6) is 0.0935. The van der Waals surface area contributed by atoms with Crippen LogP contribution in [0.3, 0.4) is 0 Å². The number of hydrogen-bond acceptors (Lipinski definition) is 4. The molecule has 1 aromatic carbocycles. The number of hydrogen-bond donors (Lipinski definition) is 1. The molecule has 0 aliphatic heterocycles. The normalized spacial score (nSPS) is 12.4. The average Bonchev–Trinajstić information content (AvgIpc) is 2.39. The van der Waals surface area contributed by atoms with Crippen LogP contribution in [0.2, 0.25) is 0 Å². The van der Waals surface area contributed by atoms with Crippen molar-refractivity contribution in [3.05, 3.63) is 29.6 Å². The molecule has 0 aromatic heterocycles. The molecule has 1 rings (SSSR count). The Labute approximate surface area is 113 Å². The third kappa shape index (κ3) is 6.00. The highest BCUT2D eigenvalue weighted by Gasteiger charge is 2.10. The van der Waals surface area contributed by atoms with E-state index in [1.54, 1.807) is 14.0 Å². The van der Waals surface area contributed by atoms with E-state index in [1.165, 1.54) is 18.2 Å². The predicted octanol–water partition coefficient (Wildman–Crippen LogP) is 2.31. The van der Waals surface area contributed by atoms with Gasteiger partial charge in [-0.1, -0.05) is 0 Å². The third-order valence-corrected chi connectivity index (χ3v) is 2.54. The van der Waals surface area contributed by atoms with E-state index < -0.39 is 6.10 Å². The zero-order chi connectivity index (χ0) is 14.1. The lowest BCUT2D eigenvalue weighted by Crippen LogP contribution is -2.10. The molecule has 5 heteroatoms. The molecule has 19 heavy (non-hydrogen) atoms. The number of rotatable bonds is 9. The maximum Gasteiger partial charge on any atom is 0.125 e. The van der Waals surface area contributed by atoms with Crippen molar-refractivity contribution in [2.75, 3.05) is 33.5 Å². The van der Waals surface area contributed by atoms with Gasteiger partial charge in [-0.25, -0.2) is 4.39 Å². The summed E-state index contributed by atoms with van der Waals surface area (Å²) in [6.45, 7) is 3.66. The van der Waals surface area contributed by atoms with E-state index in [4.69, 9.17) is 14.2 Å². The monoisotopic (exact) mass is 272 g/mol. The van der Waals surface area contributed by atoms with Gasteiger partial charge in [0.15, 0.2) is 0 Å². The van der Waals surface area contributed by atoms with Crippen molar-refractivity contribution in [2.24, 2.45) is 0 Å². The van der Waals surface area contributed by atoms with Crippen LogP contribution in [0.5, 0.6) is 5.75 Å².